The number of ether oxygens (including phenoxy) is 1. The van der Waals surface area contributed by atoms with Crippen molar-refractivity contribution in [1.82, 2.24) is 16.0 Å². The Hall–Kier alpha value is -2.08. The molecule has 1 atom stereocenters. The molecule has 25 heavy (non-hydrogen) atoms. The molecule has 140 valence electrons. The van der Waals surface area contributed by atoms with Crippen LogP contribution in [0.4, 0.5) is 4.79 Å². The van der Waals surface area contributed by atoms with Crippen molar-refractivity contribution in [3.05, 3.63) is 35.4 Å². The number of benzene rings is 1. The van der Waals surface area contributed by atoms with Gasteiger partial charge in [0.1, 0.15) is 0 Å². The van der Waals surface area contributed by atoms with Crippen molar-refractivity contribution in [3.8, 4) is 0 Å². The number of rotatable bonds is 10. The SMILES string of the molecule is CCc1ccc(C(NC(=O)NCCC(=O)NCCOC)C(C)C)cc1. The van der Waals surface area contributed by atoms with Gasteiger partial charge in [-0.05, 0) is 23.5 Å². The van der Waals surface area contributed by atoms with Gasteiger partial charge in [0.25, 0.3) is 0 Å². The van der Waals surface area contributed by atoms with Gasteiger partial charge in [-0.25, -0.2) is 4.79 Å². The smallest absolute Gasteiger partial charge is 0.315 e. The zero-order chi connectivity index (χ0) is 18.7. The van der Waals surface area contributed by atoms with E-state index in [1.54, 1.807) is 7.11 Å². The fraction of sp³-hybridized carbons (Fsp3) is 0.579. The summed E-state index contributed by atoms with van der Waals surface area (Å²) in [7, 11) is 1.58. The predicted octanol–water partition coefficient (Wildman–Crippen LogP) is 2.40. The van der Waals surface area contributed by atoms with E-state index in [-0.39, 0.29) is 30.3 Å². The number of urea groups is 1. The number of nitrogens with one attached hydrogen (secondary N) is 3. The fourth-order valence-corrected chi connectivity index (χ4v) is 2.46. The summed E-state index contributed by atoms with van der Waals surface area (Å²) in [4.78, 5) is 23.7. The molecule has 3 N–H and O–H groups in total. The number of carbonyl (C=O) groups is 2. The van der Waals surface area contributed by atoms with Gasteiger partial charge in [0.15, 0.2) is 0 Å². The summed E-state index contributed by atoms with van der Waals surface area (Å²) in [5.74, 6) is 0.156. The van der Waals surface area contributed by atoms with E-state index in [4.69, 9.17) is 4.74 Å². The summed E-state index contributed by atoms with van der Waals surface area (Å²) in [6.07, 6.45) is 1.24. The van der Waals surface area contributed by atoms with Crippen LogP contribution < -0.4 is 16.0 Å². The molecular formula is C19H31N3O3. The Bertz CT molecular complexity index is 529. The molecule has 6 nitrogen and oxygen atoms in total. The second-order valence-electron chi connectivity index (χ2n) is 6.31. The molecule has 0 bridgehead atoms. The van der Waals surface area contributed by atoms with E-state index in [2.05, 4.69) is 61.0 Å². The molecule has 0 aromatic heterocycles. The van der Waals surface area contributed by atoms with Crippen molar-refractivity contribution in [2.75, 3.05) is 26.8 Å². The summed E-state index contributed by atoms with van der Waals surface area (Å²) in [5, 5.41) is 8.45. The Balaban J connectivity index is 2.44. The number of carbonyl (C=O) groups excluding carboxylic acids is 2. The Morgan fingerprint density at radius 3 is 2.32 bits per heavy atom. The Labute approximate surface area is 150 Å². The molecule has 0 saturated carbocycles. The van der Waals surface area contributed by atoms with E-state index in [1.165, 1.54) is 5.56 Å². The summed E-state index contributed by atoms with van der Waals surface area (Å²) in [6.45, 7) is 7.51. The average Bonchev–Trinajstić information content (AvgIpc) is 2.60. The molecule has 0 fully saturated rings. The highest BCUT2D eigenvalue weighted by molar-refractivity contribution is 5.78. The number of aryl methyl sites for hydroxylation is 1. The van der Waals surface area contributed by atoms with Crippen LogP contribution in [0.3, 0.4) is 0 Å². The van der Waals surface area contributed by atoms with Gasteiger partial charge in [-0.1, -0.05) is 45.0 Å². The molecule has 0 aliphatic carbocycles. The second-order valence-corrected chi connectivity index (χ2v) is 6.31. The van der Waals surface area contributed by atoms with Crippen LogP contribution in [0.2, 0.25) is 0 Å². The van der Waals surface area contributed by atoms with E-state index < -0.39 is 0 Å². The highest BCUT2D eigenvalue weighted by Crippen LogP contribution is 2.22. The van der Waals surface area contributed by atoms with Crippen LogP contribution in [0, 0.1) is 5.92 Å². The van der Waals surface area contributed by atoms with Crippen molar-refractivity contribution < 1.29 is 14.3 Å². The van der Waals surface area contributed by atoms with Crippen molar-refractivity contribution in [1.29, 1.82) is 0 Å². The van der Waals surface area contributed by atoms with E-state index in [0.717, 1.165) is 12.0 Å². The molecule has 0 saturated heterocycles. The number of hydrogen-bond acceptors (Lipinski definition) is 3. The van der Waals surface area contributed by atoms with Gasteiger partial charge in [0.2, 0.25) is 5.91 Å². The van der Waals surface area contributed by atoms with Crippen molar-refractivity contribution in [2.24, 2.45) is 5.92 Å². The Kier molecular flexibility index (Phi) is 9.62. The molecule has 1 unspecified atom stereocenters. The zero-order valence-electron chi connectivity index (χ0n) is 15.7. The Morgan fingerprint density at radius 2 is 1.76 bits per heavy atom. The maximum Gasteiger partial charge on any atom is 0.315 e. The number of methoxy groups -OCH3 is 1. The van der Waals surface area contributed by atoms with E-state index in [9.17, 15) is 9.59 Å². The molecule has 1 rings (SSSR count). The second kappa shape index (κ2) is 11.5. The van der Waals surface area contributed by atoms with Gasteiger partial charge < -0.3 is 20.7 Å². The third kappa shape index (κ3) is 8.03. The van der Waals surface area contributed by atoms with Crippen molar-refractivity contribution >= 4 is 11.9 Å². The lowest BCUT2D eigenvalue weighted by molar-refractivity contribution is -0.121. The lowest BCUT2D eigenvalue weighted by atomic mass is 9.95. The van der Waals surface area contributed by atoms with E-state index in [0.29, 0.717) is 19.7 Å². The molecule has 0 aliphatic heterocycles. The highest BCUT2D eigenvalue weighted by Gasteiger charge is 2.18. The lowest BCUT2D eigenvalue weighted by Crippen LogP contribution is -2.41. The molecule has 0 spiro atoms. The maximum absolute atomic E-state index is 12.1. The molecule has 0 aliphatic rings. The minimum absolute atomic E-state index is 0.0681. The molecule has 1 aromatic carbocycles. The molecular weight excluding hydrogens is 318 g/mol. The normalized spacial score (nSPS) is 11.9. The van der Waals surface area contributed by atoms with Gasteiger partial charge in [-0.15, -0.1) is 0 Å². The van der Waals surface area contributed by atoms with Crippen LogP contribution in [-0.2, 0) is 16.0 Å². The summed E-state index contributed by atoms with van der Waals surface area (Å²) in [5.41, 5.74) is 2.36. The van der Waals surface area contributed by atoms with Crippen LogP contribution in [0.5, 0.6) is 0 Å². The minimum atomic E-state index is -0.261. The van der Waals surface area contributed by atoms with Crippen molar-refractivity contribution in [2.45, 2.75) is 39.7 Å². The molecule has 0 heterocycles. The van der Waals surface area contributed by atoms with Gasteiger partial charge in [-0.2, -0.15) is 0 Å². The molecule has 0 radical (unpaired) electrons. The van der Waals surface area contributed by atoms with Gasteiger partial charge in [-0.3, -0.25) is 4.79 Å². The van der Waals surface area contributed by atoms with Gasteiger partial charge in [0.05, 0.1) is 12.6 Å². The average molecular weight is 349 g/mol. The van der Waals surface area contributed by atoms with Crippen molar-refractivity contribution in [3.63, 3.8) is 0 Å². The Morgan fingerprint density at radius 1 is 1.08 bits per heavy atom. The molecule has 3 amide bonds. The van der Waals surface area contributed by atoms with E-state index in [1.807, 2.05) is 0 Å². The summed E-state index contributed by atoms with van der Waals surface area (Å²) in [6, 6.07) is 7.98. The van der Waals surface area contributed by atoms with Gasteiger partial charge in [0, 0.05) is 26.6 Å². The first-order valence-electron chi connectivity index (χ1n) is 8.86. The van der Waals surface area contributed by atoms with Crippen LogP contribution in [0.25, 0.3) is 0 Å². The quantitative estimate of drug-likeness (QED) is 0.568. The fourth-order valence-electron chi connectivity index (χ4n) is 2.46. The topological polar surface area (TPSA) is 79.5 Å². The van der Waals surface area contributed by atoms with Crippen LogP contribution >= 0.6 is 0 Å². The maximum atomic E-state index is 12.1. The third-order valence-corrected chi connectivity index (χ3v) is 3.97. The zero-order valence-corrected chi connectivity index (χ0v) is 15.7. The first kappa shape index (κ1) is 21.0. The minimum Gasteiger partial charge on any atom is -0.383 e. The van der Waals surface area contributed by atoms with Gasteiger partial charge >= 0.3 is 6.03 Å². The van der Waals surface area contributed by atoms with E-state index >= 15 is 0 Å². The molecule has 6 heteroatoms. The largest absolute Gasteiger partial charge is 0.383 e. The van der Waals surface area contributed by atoms with Crippen LogP contribution in [0.1, 0.15) is 44.4 Å². The highest BCUT2D eigenvalue weighted by atomic mass is 16.5. The molecule has 1 aromatic rings. The summed E-state index contributed by atoms with van der Waals surface area (Å²) < 4.78 is 4.86. The lowest BCUT2D eigenvalue weighted by Gasteiger charge is -2.23. The van der Waals surface area contributed by atoms with Crippen LogP contribution in [-0.4, -0.2) is 38.7 Å². The first-order chi connectivity index (χ1) is 12.0. The predicted molar refractivity (Wildman–Crippen MR) is 99.4 cm³/mol. The first-order valence-corrected chi connectivity index (χ1v) is 8.86. The standard InChI is InChI=1S/C19H31N3O3/c1-5-15-6-8-16(9-7-15)18(14(2)3)22-19(24)21-11-10-17(23)20-12-13-25-4/h6-9,14,18H,5,10-13H2,1-4H3,(H,20,23)(H2,21,22,24). The van der Waals surface area contributed by atoms with Crippen LogP contribution in [0.15, 0.2) is 24.3 Å². The summed E-state index contributed by atoms with van der Waals surface area (Å²) >= 11 is 0. The third-order valence-electron chi connectivity index (χ3n) is 3.97. The number of hydrogen-bond donors (Lipinski definition) is 3. The monoisotopic (exact) mass is 349 g/mol. The number of amides is 3.